The van der Waals surface area contributed by atoms with Gasteiger partial charge in [0.2, 0.25) is 5.88 Å². The van der Waals surface area contributed by atoms with Crippen LogP contribution in [-0.4, -0.2) is 31.6 Å². The van der Waals surface area contributed by atoms with Crippen molar-refractivity contribution in [1.29, 1.82) is 0 Å². The molecule has 0 atom stereocenters. The summed E-state index contributed by atoms with van der Waals surface area (Å²) in [7, 11) is 3.54. The number of nitro benzene ring substituents is 1. The van der Waals surface area contributed by atoms with Gasteiger partial charge in [-0.3, -0.25) is 10.1 Å². The van der Waals surface area contributed by atoms with E-state index in [0.717, 1.165) is 44.7 Å². The molecule has 4 heterocycles. The summed E-state index contributed by atoms with van der Waals surface area (Å²) in [5.74, 6) is 2.30. The summed E-state index contributed by atoms with van der Waals surface area (Å²) < 4.78 is 14.0. The number of rotatable bonds is 5. The molecule has 1 aliphatic rings. The number of hydrogen-bond donors (Lipinski definition) is 1. The number of methoxy groups -OCH3 is 1. The number of ether oxygens (including phenoxy) is 2. The summed E-state index contributed by atoms with van der Waals surface area (Å²) >= 11 is 0. The highest BCUT2D eigenvalue weighted by molar-refractivity contribution is 6.09. The summed E-state index contributed by atoms with van der Waals surface area (Å²) in [5.41, 5.74) is 6.06. The van der Waals surface area contributed by atoms with Crippen LogP contribution in [0.3, 0.4) is 0 Å². The number of hydrogen-bond acceptors (Lipinski definition) is 8. The zero-order valence-electron chi connectivity index (χ0n) is 20.3. The Hall–Kier alpha value is -4.99. The number of nitrogens with zero attached hydrogens (tertiary/aromatic N) is 5. The number of nitro groups is 1. The van der Waals surface area contributed by atoms with E-state index >= 15 is 0 Å². The molecule has 0 radical (unpaired) electrons. The Labute approximate surface area is 211 Å². The number of anilines is 1. The number of benzene rings is 2. The van der Waals surface area contributed by atoms with Gasteiger partial charge in [0, 0.05) is 48.6 Å². The Kier molecular flexibility index (Phi) is 5.22. The van der Waals surface area contributed by atoms with Crippen molar-refractivity contribution >= 4 is 22.5 Å². The van der Waals surface area contributed by atoms with Crippen LogP contribution in [0.1, 0.15) is 11.3 Å². The molecule has 1 aliphatic heterocycles. The van der Waals surface area contributed by atoms with E-state index in [-0.39, 0.29) is 5.69 Å². The summed E-state index contributed by atoms with van der Waals surface area (Å²) in [4.78, 5) is 24.4. The molecule has 3 aromatic heterocycles. The van der Waals surface area contributed by atoms with Gasteiger partial charge in [0.1, 0.15) is 17.8 Å². The minimum atomic E-state index is -0.404. The summed E-state index contributed by atoms with van der Waals surface area (Å²) in [5, 5.41) is 15.5. The van der Waals surface area contributed by atoms with Crippen LogP contribution in [0.4, 0.5) is 11.5 Å². The maximum Gasteiger partial charge on any atom is 0.269 e. The van der Waals surface area contributed by atoms with Gasteiger partial charge in [-0.15, -0.1) is 0 Å². The maximum absolute atomic E-state index is 11.2. The van der Waals surface area contributed by atoms with E-state index in [4.69, 9.17) is 9.47 Å². The lowest BCUT2D eigenvalue weighted by Gasteiger charge is -2.18. The first-order valence-corrected chi connectivity index (χ1v) is 11.6. The van der Waals surface area contributed by atoms with E-state index in [0.29, 0.717) is 29.7 Å². The molecule has 0 amide bonds. The maximum atomic E-state index is 11.2. The second-order valence-electron chi connectivity index (χ2n) is 8.70. The lowest BCUT2D eigenvalue weighted by Crippen LogP contribution is -2.05. The van der Waals surface area contributed by atoms with Gasteiger partial charge >= 0.3 is 0 Å². The number of aromatic nitrogens is 4. The van der Waals surface area contributed by atoms with Gasteiger partial charge < -0.3 is 19.4 Å². The molecular weight excluding hydrogens is 472 g/mol. The zero-order valence-corrected chi connectivity index (χ0v) is 20.3. The molecule has 184 valence electrons. The van der Waals surface area contributed by atoms with E-state index in [1.165, 1.54) is 18.5 Å². The van der Waals surface area contributed by atoms with Gasteiger partial charge in [-0.1, -0.05) is 6.07 Å². The molecule has 10 heteroatoms. The molecule has 0 aliphatic carbocycles. The van der Waals surface area contributed by atoms with Crippen LogP contribution in [-0.2, 0) is 13.6 Å². The topological polar surface area (TPSA) is 117 Å². The van der Waals surface area contributed by atoms with Gasteiger partial charge in [0.25, 0.3) is 5.69 Å². The van der Waals surface area contributed by atoms with Crippen molar-refractivity contribution < 1.29 is 14.4 Å². The summed E-state index contributed by atoms with van der Waals surface area (Å²) in [6.45, 7) is 2.35. The molecule has 0 saturated heterocycles. The molecule has 5 aromatic rings. The highest BCUT2D eigenvalue weighted by Crippen LogP contribution is 2.49. The Morgan fingerprint density at radius 3 is 2.62 bits per heavy atom. The van der Waals surface area contributed by atoms with Crippen LogP contribution < -0.4 is 14.8 Å². The van der Waals surface area contributed by atoms with Crippen LogP contribution in [0.15, 0.2) is 60.9 Å². The van der Waals surface area contributed by atoms with Crippen LogP contribution in [0.25, 0.3) is 33.4 Å². The lowest BCUT2D eigenvalue weighted by molar-refractivity contribution is -0.384. The van der Waals surface area contributed by atoms with Gasteiger partial charge in [-0.25, -0.2) is 15.0 Å². The van der Waals surface area contributed by atoms with E-state index in [2.05, 4.69) is 20.3 Å². The molecule has 37 heavy (non-hydrogen) atoms. The van der Waals surface area contributed by atoms with Gasteiger partial charge in [0.05, 0.1) is 23.1 Å². The highest BCUT2D eigenvalue weighted by atomic mass is 16.6. The summed E-state index contributed by atoms with van der Waals surface area (Å²) in [6.07, 6.45) is 1.53. The number of aryl methyl sites for hydroxylation is 2. The highest BCUT2D eigenvalue weighted by Gasteiger charge is 2.29. The molecule has 2 aromatic carbocycles. The number of non-ortho nitro benzene ring substituents is 1. The predicted octanol–water partition coefficient (Wildman–Crippen LogP) is 5.64. The normalized spacial score (nSPS) is 12.0. The van der Waals surface area contributed by atoms with Gasteiger partial charge in [0.15, 0.2) is 11.5 Å². The first-order chi connectivity index (χ1) is 18.0. The smallest absolute Gasteiger partial charge is 0.269 e. The molecule has 6 rings (SSSR count). The molecule has 0 unspecified atom stereocenters. The van der Waals surface area contributed by atoms with Crippen molar-refractivity contribution in [3.8, 4) is 39.8 Å². The fraction of sp³-hybridized carbons (Fsp3) is 0.148. The third-order valence-corrected chi connectivity index (χ3v) is 6.53. The minimum Gasteiger partial charge on any atom is -0.492 e. The third-order valence-electron chi connectivity index (χ3n) is 6.53. The summed E-state index contributed by atoms with van der Waals surface area (Å²) in [6, 6.07) is 16.0. The Morgan fingerprint density at radius 2 is 1.89 bits per heavy atom. The van der Waals surface area contributed by atoms with E-state index in [9.17, 15) is 10.1 Å². The Balaban J connectivity index is 1.59. The van der Waals surface area contributed by atoms with Gasteiger partial charge in [-0.2, -0.15) is 0 Å². The van der Waals surface area contributed by atoms with Crippen LogP contribution in [0.2, 0.25) is 0 Å². The van der Waals surface area contributed by atoms with E-state index < -0.39 is 4.92 Å². The Morgan fingerprint density at radius 1 is 1.08 bits per heavy atom. The monoisotopic (exact) mass is 494 g/mol. The van der Waals surface area contributed by atoms with E-state index in [1.807, 2.05) is 42.8 Å². The van der Waals surface area contributed by atoms with Crippen molar-refractivity contribution in [2.45, 2.75) is 13.5 Å². The molecule has 0 saturated carbocycles. The van der Waals surface area contributed by atoms with Gasteiger partial charge in [-0.05, 0) is 48.4 Å². The molecular formula is C27H22N6O4. The molecule has 10 nitrogen and oxygen atoms in total. The standard InChI is InChI=1S/C27H22N6O4/c1-15-5-4-6-21(31-15)37-20-12-11-18-19(25(20)36-3)13-28-26-23-22(18)24(32(2)27(23)30-14-29-26)16-7-9-17(10-8-16)33(34)35/h4-12,14H,13H2,1-3H3,(H,28,29,30). The van der Waals surface area contributed by atoms with Crippen molar-refractivity contribution in [2.24, 2.45) is 7.05 Å². The fourth-order valence-corrected chi connectivity index (χ4v) is 4.91. The number of fused-ring (bicyclic) bond motifs is 2. The quantitative estimate of drug-likeness (QED) is 0.246. The Bertz CT molecular complexity index is 1690. The molecule has 0 fully saturated rings. The van der Waals surface area contributed by atoms with Crippen LogP contribution in [0, 0.1) is 17.0 Å². The number of nitrogens with one attached hydrogen (secondary N) is 1. The third kappa shape index (κ3) is 3.61. The van der Waals surface area contributed by atoms with Crippen molar-refractivity contribution in [1.82, 2.24) is 19.5 Å². The largest absolute Gasteiger partial charge is 0.492 e. The average molecular weight is 495 g/mol. The van der Waals surface area contributed by atoms with Crippen LogP contribution >= 0.6 is 0 Å². The first-order valence-electron chi connectivity index (χ1n) is 11.6. The SMILES string of the molecule is COc1c(Oc2cccc(C)n2)ccc2c1CNc1ncnc3c1c-2c(-c1ccc([N+](=O)[O-])cc1)n3C. The molecule has 0 bridgehead atoms. The second-order valence-corrected chi connectivity index (χ2v) is 8.70. The average Bonchev–Trinajstić information content (AvgIpc) is 3.09. The molecule has 0 spiro atoms. The minimum absolute atomic E-state index is 0.0316. The van der Waals surface area contributed by atoms with Crippen molar-refractivity contribution in [2.75, 3.05) is 12.4 Å². The van der Waals surface area contributed by atoms with Crippen molar-refractivity contribution in [3.63, 3.8) is 0 Å². The second kappa shape index (κ2) is 8.59. The molecule has 1 N–H and O–H groups in total. The number of pyridine rings is 1. The van der Waals surface area contributed by atoms with E-state index in [1.54, 1.807) is 25.3 Å². The fourth-order valence-electron chi connectivity index (χ4n) is 4.91. The van der Waals surface area contributed by atoms with Crippen molar-refractivity contribution in [3.05, 3.63) is 82.3 Å². The lowest BCUT2D eigenvalue weighted by atomic mass is 9.94. The van der Waals surface area contributed by atoms with Crippen LogP contribution in [0.5, 0.6) is 17.4 Å². The predicted molar refractivity (Wildman–Crippen MR) is 139 cm³/mol. The first kappa shape index (κ1) is 22.5. The zero-order chi connectivity index (χ0) is 25.7.